The highest BCUT2D eigenvalue weighted by Crippen LogP contribution is 2.42. The Morgan fingerprint density at radius 3 is 2.43 bits per heavy atom. The zero-order valence-electron chi connectivity index (χ0n) is 8.55. The number of benzene rings is 1. The minimum absolute atomic E-state index is 0.00241. The molecule has 1 fully saturated rings. The van der Waals surface area contributed by atoms with Crippen molar-refractivity contribution in [1.29, 1.82) is 0 Å². The van der Waals surface area contributed by atoms with Gasteiger partial charge in [0.2, 0.25) is 0 Å². The van der Waals surface area contributed by atoms with E-state index in [1.165, 1.54) is 0 Å². The molecule has 0 bridgehead atoms. The number of aliphatic hydroxyl groups excluding tert-OH is 1. The fraction of sp³-hybridized carbons (Fsp3) is 0.500. The summed E-state index contributed by atoms with van der Waals surface area (Å²) in [6, 6.07) is 10.1. The third kappa shape index (κ3) is 1.81. The van der Waals surface area contributed by atoms with Crippen LogP contribution in [0.5, 0.6) is 0 Å². The number of aliphatic hydroxyl groups is 1. The third-order valence-corrected chi connectivity index (χ3v) is 2.67. The Bertz CT molecular complexity index is 294. The molecule has 1 aliphatic heterocycles. The van der Waals surface area contributed by atoms with Crippen LogP contribution in [0.1, 0.15) is 25.5 Å². The summed E-state index contributed by atoms with van der Waals surface area (Å²) in [5.41, 5.74) is 1.16. The Labute approximate surface area is 84.5 Å². The van der Waals surface area contributed by atoms with Gasteiger partial charge in [-0.2, -0.15) is 0 Å². The van der Waals surface area contributed by atoms with Crippen LogP contribution >= 0.6 is 0 Å². The Balaban J connectivity index is 2.00. The quantitative estimate of drug-likeness (QED) is 0.744. The minimum atomic E-state index is -0.347. The second kappa shape index (κ2) is 3.71. The average Bonchev–Trinajstić information content (AvgIpc) is 2.97. The van der Waals surface area contributed by atoms with Crippen molar-refractivity contribution in [3.63, 3.8) is 0 Å². The van der Waals surface area contributed by atoms with Crippen LogP contribution in [0.3, 0.4) is 0 Å². The molecule has 1 aromatic carbocycles. The summed E-state index contributed by atoms with van der Waals surface area (Å²) >= 11 is 0. The summed E-state index contributed by atoms with van der Waals surface area (Å²) in [4.78, 5) is 0. The molecule has 0 aliphatic carbocycles. The zero-order valence-corrected chi connectivity index (χ0v) is 8.55. The van der Waals surface area contributed by atoms with Gasteiger partial charge in [0.25, 0.3) is 0 Å². The van der Waals surface area contributed by atoms with Crippen LogP contribution < -0.4 is 0 Å². The first-order valence-electron chi connectivity index (χ1n) is 5.08. The lowest BCUT2D eigenvalue weighted by Gasteiger charge is -2.10. The lowest BCUT2D eigenvalue weighted by Crippen LogP contribution is -2.21. The van der Waals surface area contributed by atoms with Crippen LogP contribution in [0.15, 0.2) is 30.3 Å². The van der Waals surface area contributed by atoms with Gasteiger partial charge in [-0.25, -0.2) is 0 Å². The number of ether oxygens (including phenoxy) is 1. The fourth-order valence-corrected chi connectivity index (χ4v) is 1.67. The van der Waals surface area contributed by atoms with Crippen molar-refractivity contribution >= 4 is 0 Å². The van der Waals surface area contributed by atoms with E-state index in [2.05, 4.69) is 0 Å². The van der Waals surface area contributed by atoms with E-state index in [0.29, 0.717) is 0 Å². The largest absolute Gasteiger partial charge is 0.390 e. The van der Waals surface area contributed by atoms with E-state index in [0.717, 1.165) is 5.56 Å². The minimum Gasteiger partial charge on any atom is -0.390 e. The Kier molecular flexibility index (Phi) is 2.57. The summed E-state index contributed by atoms with van der Waals surface area (Å²) in [7, 11) is 0. The van der Waals surface area contributed by atoms with Gasteiger partial charge >= 0.3 is 0 Å². The second-order valence-electron chi connectivity index (χ2n) is 4.17. The van der Waals surface area contributed by atoms with Gasteiger partial charge in [0.15, 0.2) is 0 Å². The predicted molar refractivity (Wildman–Crippen MR) is 54.9 cm³/mol. The summed E-state index contributed by atoms with van der Waals surface area (Å²) in [5, 5.41) is 9.77. The molecule has 1 saturated heterocycles. The van der Waals surface area contributed by atoms with E-state index in [9.17, 15) is 5.11 Å². The highest BCUT2D eigenvalue weighted by Gasteiger charge is 2.46. The van der Waals surface area contributed by atoms with Crippen molar-refractivity contribution in [3.05, 3.63) is 35.9 Å². The van der Waals surface area contributed by atoms with Gasteiger partial charge in [0, 0.05) is 0 Å². The van der Waals surface area contributed by atoms with E-state index in [1.54, 1.807) is 0 Å². The highest BCUT2D eigenvalue weighted by molar-refractivity contribution is 5.22. The summed E-state index contributed by atoms with van der Waals surface area (Å²) in [6.07, 6.45) is -0.244. The maximum absolute atomic E-state index is 9.77. The number of rotatable bonds is 3. The molecule has 0 saturated carbocycles. The molecule has 1 heterocycles. The zero-order chi connectivity index (χ0) is 10.1. The molecule has 1 aliphatic rings. The van der Waals surface area contributed by atoms with E-state index in [-0.39, 0.29) is 24.2 Å². The summed E-state index contributed by atoms with van der Waals surface area (Å²) < 4.78 is 5.48. The van der Waals surface area contributed by atoms with E-state index in [4.69, 9.17) is 4.74 Å². The van der Waals surface area contributed by atoms with Crippen molar-refractivity contribution in [3.8, 4) is 0 Å². The van der Waals surface area contributed by atoms with Crippen molar-refractivity contribution < 1.29 is 9.84 Å². The molecular weight excluding hydrogens is 176 g/mol. The molecule has 3 unspecified atom stereocenters. The van der Waals surface area contributed by atoms with Gasteiger partial charge in [-0.05, 0) is 11.5 Å². The van der Waals surface area contributed by atoms with E-state index < -0.39 is 0 Å². The molecule has 1 N–H and O–H groups in total. The van der Waals surface area contributed by atoms with Gasteiger partial charge in [0.05, 0.1) is 6.10 Å². The van der Waals surface area contributed by atoms with Crippen molar-refractivity contribution in [2.75, 3.05) is 0 Å². The van der Waals surface area contributed by atoms with Gasteiger partial charge < -0.3 is 9.84 Å². The van der Waals surface area contributed by atoms with Gasteiger partial charge in [-0.1, -0.05) is 44.2 Å². The Morgan fingerprint density at radius 1 is 1.21 bits per heavy atom. The first-order chi connectivity index (χ1) is 6.70. The molecule has 2 heteroatoms. The Morgan fingerprint density at radius 2 is 1.86 bits per heavy atom. The van der Waals surface area contributed by atoms with Crippen LogP contribution in [0.4, 0.5) is 0 Å². The molecule has 1 aromatic rings. The first kappa shape index (κ1) is 9.69. The van der Waals surface area contributed by atoms with Crippen LogP contribution in [-0.2, 0) is 4.74 Å². The maximum Gasteiger partial charge on any atom is 0.115 e. The van der Waals surface area contributed by atoms with Crippen molar-refractivity contribution in [1.82, 2.24) is 0 Å². The highest BCUT2D eigenvalue weighted by atomic mass is 16.6. The van der Waals surface area contributed by atoms with E-state index >= 15 is 0 Å². The monoisotopic (exact) mass is 192 g/mol. The summed E-state index contributed by atoms with van der Waals surface area (Å²) in [6.45, 7) is 4.02. The number of epoxide rings is 1. The van der Waals surface area contributed by atoms with Crippen molar-refractivity contribution in [2.24, 2.45) is 5.92 Å². The third-order valence-electron chi connectivity index (χ3n) is 2.67. The normalized spacial score (nSPS) is 27.7. The first-order valence-corrected chi connectivity index (χ1v) is 5.08. The molecule has 0 radical (unpaired) electrons. The molecule has 0 spiro atoms. The van der Waals surface area contributed by atoms with Gasteiger partial charge in [-0.3, -0.25) is 0 Å². The van der Waals surface area contributed by atoms with Crippen LogP contribution in [-0.4, -0.2) is 17.3 Å². The molecule has 0 aromatic heterocycles. The number of hydrogen-bond acceptors (Lipinski definition) is 2. The van der Waals surface area contributed by atoms with E-state index in [1.807, 2.05) is 44.2 Å². The molecule has 2 nitrogen and oxygen atoms in total. The molecule has 3 atom stereocenters. The van der Waals surface area contributed by atoms with Crippen LogP contribution in [0.25, 0.3) is 0 Å². The van der Waals surface area contributed by atoms with Gasteiger partial charge in [0.1, 0.15) is 12.2 Å². The molecule has 14 heavy (non-hydrogen) atoms. The lowest BCUT2D eigenvalue weighted by molar-refractivity contribution is 0.0922. The standard InChI is InChI=1S/C12H16O2/c1-8(2)10(13)12-11(14-12)9-6-4-3-5-7-9/h3-8,10-13H,1-2H3. The number of hydrogen-bond donors (Lipinski definition) is 1. The fourth-order valence-electron chi connectivity index (χ4n) is 1.67. The molecular formula is C12H16O2. The second-order valence-corrected chi connectivity index (χ2v) is 4.17. The smallest absolute Gasteiger partial charge is 0.115 e. The molecule has 2 rings (SSSR count). The lowest BCUT2D eigenvalue weighted by atomic mass is 9.99. The van der Waals surface area contributed by atoms with Crippen molar-refractivity contribution in [2.45, 2.75) is 32.2 Å². The topological polar surface area (TPSA) is 32.8 Å². The van der Waals surface area contributed by atoms with Gasteiger partial charge in [-0.15, -0.1) is 0 Å². The molecule has 76 valence electrons. The molecule has 0 amide bonds. The summed E-state index contributed by atoms with van der Waals surface area (Å²) in [5.74, 6) is 0.258. The average molecular weight is 192 g/mol. The van der Waals surface area contributed by atoms with Crippen LogP contribution in [0, 0.1) is 5.92 Å². The Hall–Kier alpha value is -0.860. The SMILES string of the molecule is CC(C)C(O)C1OC1c1ccccc1. The predicted octanol–water partition coefficient (Wildman–Crippen LogP) is 2.14. The maximum atomic E-state index is 9.77. The van der Waals surface area contributed by atoms with Crippen LogP contribution in [0.2, 0.25) is 0 Å².